The van der Waals surface area contributed by atoms with Gasteiger partial charge in [0.05, 0.1) is 5.56 Å². The molecule has 0 saturated carbocycles. The lowest BCUT2D eigenvalue weighted by molar-refractivity contribution is 0.0744. The number of halogens is 1. The Labute approximate surface area is 134 Å². The molecule has 0 heterocycles. The predicted molar refractivity (Wildman–Crippen MR) is 90.6 cm³/mol. The first-order valence-electron chi connectivity index (χ1n) is 8.74. The van der Waals surface area contributed by atoms with Gasteiger partial charge >= 0.3 is 0 Å². The van der Waals surface area contributed by atoms with E-state index in [0.29, 0.717) is 0 Å². The summed E-state index contributed by atoms with van der Waals surface area (Å²) in [6.45, 7) is 5.82. The molecule has 1 aromatic carbocycles. The van der Waals surface area contributed by atoms with Crippen molar-refractivity contribution in [2.45, 2.75) is 65.2 Å². The van der Waals surface area contributed by atoms with Crippen LogP contribution in [0.25, 0.3) is 0 Å². The monoisotopic (exact) mass is 307 g/mol. The van der Waals surface area contributed by atoms with Crippen molar-refractivity contribution >= 4 is 5.91 Å². The average Bonchev–Trinajstić information content (AvgIpc) is 2.53. The summed E-state index contributed by atoms with van der Waals surface area (Å²) in [7, 11) is 0. The molecule has 0 radical (unpaired) electrons. The van der Waals surface area contributed by atoms with E-state index in [0.717, 1.165) is 38.8 Å². The summed E-state index contributed by atoms with van der Waals surface area (Å²) >= 11 is 0. The fraction of sp³-hybridized carbons (Fsp3) is 0.632. The highest BCUT2D eigenvalue weighted by atomic mass is 19.1. The van der Waals surface area contributed by atoms with Crippen LogP contribution in [0.1, 0.15) is 75.6 Å². The van der Waals surface area contributed by atoms with E-state index in [1.807, 2.05) is 4.90 Å². The van der Waals surface area contributed by atoms with Crippen molar-refractivity contribution in [3.05, 3.63) is 35.6 Å². The Balaban J connectivity index is 2.62. The van der Waals surface area contributed by atoms with Crippen molar-refractivity contribution < 1.29 is 9.18 Å². The van der Waals surface area contributed by atoms with Crippen LogP contribution in [-0.2, 0) is 0 Å². The number of nitrogens with zero attached hydrogens (tertiary/aromatic N) is 1. The first-order chi connectivity index (χ1) is 10.7. The minimum absolute atomic E-state index is 0.161. The van der Waals surface area contributed by atoms with Crippen LogP contribution in [0.3, 0.4) is 0 Å². The maximum absolute atomic E-state index is 13.8. The van der Waals surface area contributed by atoms with Crippen LogP contribution in [0.5, 0.6) is 0 Å². The highest BCUT2D eigenvalue weighted by Crippen LogP contribution is 2.13. The van der Waals surface area contributed by atoms with Crippen LogP contribution in [-0.4, -0.2) is 23.9 Å². The van der Waals surface area contributed by atoms with E-state index >= 15 is 0 Å². The summed E-state index contributed by atoms with van der Waals surface area (Å²) in [5.74, 6) is -0.578. The highest BCUT2D eigenvalue weighted by Gasteiger charge is 2.18. The molecule has 0 unspecified atom stereocenters. The van der Waals surface area contributed by atoms with Gasteiger partial charge in [-0.05, 0) is 25.0 Å². The molecule has 0 aliphatic carbocycles. The standard InChI is InChI=1S/C19H30FNO/c1-3-5-7-11-15-21(16-12-8-6-4-2)19(22)17-13-9-10-14-18(17)20/h9-10,13-14H,3-8,11-12,15-16H2,1-2H3. The summed E-state index contributed by atoms with van der Waals surface area (Å²) < 4.78 is 13.8. The molecule has 0 aromatic heterocycles. The molecule has 0 fully saturated rings. The van der Waals surface area contributed by atoms with Crippen molar-refractivity contribution in [2.24, 2.45) is 0 Å². The topological polar surface area (TPSA) is 20.3 Å². The number of carbonyl (C=O) groups excluding carboxylic acids is 1. The fourth-order valence-electron chi connectivity index (χ4n) is 2.58. The minimum Gasteiger partial charge on any atom is -0.339 e. The zero-order chi connectivity index (χ0) is 16.2. The van der Waals surface area contributed by atoms with Gasteiger partial charge in [-0.15, -0.1) is 0 Å². The quantitative estimate of drug-likeness (QED) is 0.499. The van der Waals surface area contributed by atoms with E-state index in [9.17, 15) is 9.18 Å². The average molecular weight is 307 g/mol. The molecular formula is C19H30FNO. The minimum atomic E-state index is -0.417. The Hall–Kier alpha value is -1.38. The Bertz CT molecular complexity index is 421. The van der Waals surface area contributed by atoms with E-state index in [2.05, 4.69) is 13.8 Å². The van der Waals surface area contributed by atoms with Gasteiger partial charge in [0.1, 0.15) is 5.82 Å². The second-order valence-electron chi connectivity index (χ2n) is 5.89. The second kappa shape index (κ2) is 11.2. The zero-order valence-electron chi connectivity index (χ0n) is 14.1. The molecule has 1 aromatic rings. The van der Waals surface area contributed by atoms with Gasteiger partial charge < -0.3 is 4.90 Å². The van der Waals surface area contributed by atoms with Crippen LogP contribution < -0.4 is 0 Å². The van der Waals surface area contributed by atoms with E-state index in [-0.39, 0.29) is 11.5 Å². The number of hydrogen-bond donors (Lipinski definition) is 0. The van der Waals surface area contributed by atoms with Crippen molar-refractivity contribution in [1.29, 1.82) is 0 Å². The SMILES string of the molecule is CCCCCCN(CCCCCC)C(=O)c1ccccc1F. The molecule has 0 saturated heterocycles. The fourth-order valence-corrected chi connectivity index (χ4v) is 2.58. The van der Waals surface area contributed by atoms with Gasteiger partial charge in [-0.25, -0.2) is 4.39 Å². The van der Waals surface area contributed by atoms with Gasteiger partial charge in [0, 0.05) is 13.1 Å². The molecule has 124 valence electrons. The maximum atomic E-state index is 13.8. The third-order valence-corrected chi connectivity index (χ3v) is 3.95. The smallest absolute Gasteiger partial charge is 0.256 e. The Kier molecular flexibility index (Phi) is 9.52. The van der Waals surface area contributed by atoms with Gasteiger partial charge in [-0.2, -0.15) is 0 Å². The molecule has 2 nitrogen and oxygen atoms in total. The summed E-state index contributed by atoms with van der Waals surface area (Å²) in [6, 6.07) is 6.30. The van der Waals surface area contributed by atoms with E-state index in [4.69, 9.17) is 0 Å². The molecule has 0 aliphatic heterocycles. The number of carbonyl (C=O) groups is 1. The number of benzene rings is 1. The summed E-state index contributed by atoms with van der Waals surface area (Å²) in [4.78, 5) is 14.4. The van der Waals surface area contributed by atoms with Crippen LogP contribution in [0, 0.1) is 5.82 Å². The number of unbranched alkanes of at least 4 members (excludes halogenated alkanes) is 6. The maximum Gasteiger partial charge on any atom is 0.256 e. The van der Waals surface area contributed by atoms with Gasteiger partial charge in [-0.3, -0.25) is 4.79 Å². The predicted octanol–water partition coefficient (Wildman–Crippen LogP) is 5.43. The van der Waals surface area contributed by atoms with Gasteiger partial charge in [-0.1, -0.05) is 64.5 Å². The molecule has 0 spiro atoms. The number of hydrogen-bond acceptors (Lipinski definition) is 1. The largest absolute Gasteiger partial charge is 0.339 e. The lowest BCUT2D eigenvalue weighted by atomic mass is 10.1. The van der Waals surface area contributed by atoms with Crippen molar-refractivity contribution in [1.82, 2.24) is 4.90 Å². The lowest BCUT2D eigenvalue weighted by Gasteiger charge is -2.23. The van der Waals surface area contributed by atoms with Crippen LogP contribution >= 0.6 is 0 Å². The Morgan fingerprint density at radius 3 is 1.95 bits per heavy atom. The molecule has 0 bridgehead atoms. The first kappa shape index (κ1) is 18.7. The molecule has 1 amide bonds. The van der Waals surface area contributed by atoms with Crippen LogP contribution in [0.2, 0.25) is 0 Å². The third kappa shape index (κ3) is 6.59. The van der Waals surface area contributed by atoms with Crippen LogP contribution in [0.4, 0.5) is 4.39 Å². The molecule has 3 heteroatoms. The van der Waals surface area contributed by atoms with Gasteiger partial charge in [0.25, 0.3) is 5.91 Å². The molecule has 0 atom stereocenters. The Morgan fingerprint density at radius 1 is 0.909 bits per heavy atom. The van der Waals surface area contributed by atoms with Crippen molar-refractivity contribution in [3.8, 4) is 0 Å². The molecule has 0 aliphatic rings. The third-order valence-electron chi connectivity index (χ3n) is 3.95. The van der Waals surface area contributed by atoms with Crippen molar-refractivity contribution in [3.63, 3.8) is 0 Å². The molecule has 22 heavy (non-hydrogen) atoms. The van der Waals surface area contributed by atoms with Crippen molar-refractivity contribution in [2.75, 3.05) is 13.1 Å². The molecule has 0 N–H and O–H groups in total. The molecule has 1 rings (SSSR count). The molecular weight excluding hydrogens is 277 g/mol. The number of amides is 1. The lowest BCUT2D eigenvalue weighted by Crippen LogP contribution is -2.33. The summed E-state index contributed by atoms with van der Waals surface area (Å²) in [5, 5.41) is 0. The second-order valence-corrected chi connectivity index (χ2v) is 5.89. The van der Waals surface area contributed by atoms with E-state index in [1.165, 1.54) is 31.7 Å². The highest BCUT2D eigenvalue weighted by molar-refractivity contribution is 5.94. The summed E-state index contributed by atoms with van der Waals surface area (Å²) in [6.07, 6.45) is 9.01. The van der Waals surface area contributed by atoms with E-state index < -0.39 is 5.82 Å². The van der Waals surface area contributed by atoms with Crippen LogP contribution in [0.15, 0.2) is 24.3 Å². The summed E-state index contributed by atoms with van der Waals surface area (Å²) in [5.41, 5.74) is 0.202. The number of rotatable bonds is 11. The normalized spacial score (nSPS) is 10.7. The van der Waals surface area contributed by atoms with E-state index in [1.54, 1.807) is 18.2 Å². The zero-order valence-corrected chi connectivity index (χ0v) is 14.1. The Morgan fingerprint density at radius 2 is 1.45 bits per heavy atom. The van der Waals surface area contributed by atoms with Gasteiger partial charge in [0.2, 0.25) is 0 Å². The first-order valence-corrected chi connectivity index (χ1v) is 8.74. The van der Waals surface area contributed by atoms with Gasteiger partial charge in [0.15, 0.2) is 0 Å².